The smallest absolute Gasteiger partial charge is 0.210 e. The third-order valence-electron chi connectivity index (χ3n) is 3.44. The van der Waals surface area contributed by atoms with E-state index in [0.717, 1.165) is 29.0 Å². The normalized spacial score (nSPS) is 10.3. The summed E-state index contributed by atoms with van der Waals surface area (Å²) in [5.74, 6) is 1.59. The first kappa shape index (κ1) is 14.9. The molecule has 0 saturated heterocycles. The van der Waals surface area contributed by atoms with Gasteiger partial charge in [0.1, 0.15) is 11.5 Å². The Bertz CT molecular complexity index is 530. The maximum absolute atomic E-state index is 11.2. The lowest BCUT2D eigenvalue weighted by Crippen LogP contribution is -2.24. The first-order valence-electron chi connectivity index (χ1n) is 6.64. The van der Waals surface area contributed by atoms with E-state index in [9.17, 15) is 4.79 Å². The van der Waals surface area contributed by atoms with Crippen LogP contribution in [0.1, 0.15) is 17.2 Å². The highest BCUT2D eigenvalue weighted by Gasteiger charge is 2.18. The Morgan fingerprint density at radius 3 is 1.52 bits per heavy atom. The lowest BCUT2D eigenvalue weighted by atomic mass is 9.97. The van der Waals surface area contributed by atoms with Crippen LogP contribution in [-0.4, -0.2) is 32.6 Å². The molecule has 2 rings (SSSR count). The summed E-state index contributed by atoms with van der Waals surface area (Å²) in [6.45, 7) is 0. The summed E-state index contributed by atoms with van der Waals surface area (Å²) in [5.41, 5.74) is 2.05. The Labute approximate surface area is 124 Å². The van der Waals surface area contributed by atoms with E-state index in [2.05, 4.69) is 0 Å². The van der Waals surface area contributed by atoms with Crippen LogP contribution in [0.15, 0.2) is 48.5 Å². The fourth-order valence-corrected chi connectivity index (χ4v) is 2.30. The molecular formula is C17H19NO3. The van der Waals surface area contributed by atoms with Crippen molar-refractivity contribution in [1.82, 2.24) is 4.90 Å². The number of hydrogen-bond acceptors (Lipinski definition) is 3. The standard InChI is InChI=1S/C17H19NO3/c1-18(12-19)17(13-4-8-15(20-2)9-5-13)14-6-10-16(21-3)11-7-14/h4-12,17H,1-3H3. The first-order valence-corrected chi connectivity index (χ1v) is 6.64. The van der Waals surface area contributed by atoms with Gasteiger partial charge in [0.25, 0.3) is 0 Å². The second-order valence-electron chi connectivity index (χ2n) is 4.72. The zero-order valence-corrected chi connectivity index (χ0v) is 12.4. The minimum atomic E-state index is -0.140. The minimum absolute atomic E-state index is 0.140. The van der Waals surface area contributed by atoms with Crippen LogP contribution in [0.5, 0.6) is 11.5 Å². The van der Waals surface area contributed by atoms with E-state index in [4.69, 9.17) is 9.47 Å². The van der Waals surface area contributed by atoms with Crippen molar-refractivity contribution in [1.29, 1.82) is 0 Å². The van der Waals surface area contributed by atoms with Crippen molar-refractivity contribution in [2.45, 2.75) is 6.04 Å². The van der Waals surface area contributed by atoms with Crippen LogP contribution in [0.25, 0.3) is 0 Å². The van der Waals surface area contributed by atoms with Crippen molar-refractivity contribution in [2.24, 2.45) is 0 Å². The van der Waals surface area contributed by atoms with Crippen LogP contribution in [0.3, 0.4) is 0 Å². The summed E-state index contributed by atoms with van der Waals surface area (Å²) in [6, 6.07) is 15.3. The molecule has 4 heteroatoms. The van der Waals surface area contributed by atoms with E-state index in [1.165, 1.54) is 0 Å². The van der Waals surface area contributed by atoms with Crippen molar-refractivity contribution < 1.29 is 14.3 Å². The molecule has 0 aliphatic rings. The number of rotatable bonds is 6. The molecule has 0 heterocycles. The monoisotopic (exact) mass is 285 g/mol. The second kappa shape index (κ2) is 6.79. The van der Waals surface area contributed by atoms with Gasteiger partial charge in [-0.25, -0.2) is 0 Å². The molecule has 0 aliphatic carbocycles. The third kappa shape index (κ3) is 3.34. The van der Waals surface area contributed by atoms with E-state index < -0.39 is 0 Å². The average molecular weight is 285 g/mol. The largest absolute Gasteiger partial charge is 0.497 e. The van der Waals surface area contributed by atoms with E-state index >= 15 is 0 Å². The lowest BCUT2D eigenvalue weighted by Gasteiger charge is -2.26. The molecule has 0 aromatic heterocycles. The van der Waals surface area contributed by atoms with Gasteiger partial charge in [0.15, 0.2) is 0 Å². The van der Waals surface area contributed by atoms with Gasteiger partial charge in [-0.05, 0) is 35.4 Å². The number of amides is 1. The van der Waals surface area contributed by atoms with Gasteiger partial charge in [0.05, 0.1) is 20.3 Å². The number of ether oxygens (including phenoxy) is 2. The van der Waals surface area contributed by atoms with Gasteiger partial charge in [-0.3, -0.25) is 4.79 Å². The molecule has 2 aromatic carbocycles. The van der Waals surface area contributed by atoms with Gasteiger partial charge < -0.3 is 14.4 Å². The Kier molecular flexibility index (Phi) is 4.82. The number of nitrogens with zero attached hydrogens (tertiary/aromatic N) is 1. The van der Waals surface area contributed by atoms with Crippen LogP contribution in [-0.2, 0) is 4.79 Å². The number of carbonyl (C=O) groups excluding carboxylic acids is 1. The van der Waals surface area contributed by atoms with Crippen LogP contribution >= 0.6 is 0 Å². The molecule has 110 valence electrons. The predicted octanol–water partition coefficient (Wildman–Crippen LogP) is 2.88. The molecule has 0 unspecified atom stereocenters. The van der Waals surface area contributed by atoms with E-state index in [1.54, 1.807) is 26.2 Å². The Morgan fingerprint density at radius 2 is 1.24 bits per heavy atom. The fourth-order valence-electron chi connectivity index (χ4n) is 2.30. The molecule has 1 amide bonds. The van der Waals surface area contributed by atoms with Crippen molar-refractivity contribution in [3.63, 3.8) is 0 Å². The van der Waals surface area contributed by atoms with Gasteiger partial charge in [-0.2, -0.15) is 0 Å². The van der Waals surface area contributed by atoms with Gasteiger partial charge >= 0.3 is 0 Å². The minimum Gasteiger partial charge on any atom is -0.497 e. The molecule has 2 aromatic rings. The maximum Gasteiger partial charge on any atom is 0.210 e. The number of hydrogen-bond donors (Lipinski definition) is 0. The van der Waals surface area contributed by atoms with Crippen molar-refractivity contribution in [3.05, 3.63) is 59.7 Å². The third-order valence-corrected chi connectivity index (χ3v) is 3.44. The molecule has 0 bridgehead atoms. The van der Waals surface area contributed by atoms with Gasteiger partial charge in [-0.15, -0.1) is 0 Å². The van der Waals surface area contributed by atoms with Crippen LogP contribution in [0.4, 0.5) is 0 Å². The number of benzene rings is 2. The molecule has 0 radical (unpaired) electrons. The molecule has 4 nitrogen and oxygen atoms in total. The Balaban J connectivity index is 2.38. The first-order chi connectivity index (χ1) is 10.2. The van der Waals surface area contributed by atoms with Crippen LogP contribution in [0, 0.1) is 0 Å². The average Bonchev–Trinajstić information content (AvgIpc) is 2.56. The quantitative estimate of drug-likeness (QED) is 0.766. The van der Waals surface area contributed by atoms with E-state index in [-0.39, 0.29) is 6.04 Å². The predicted molar refractivity (Wildman–Crippen MR) is 81.7 cm³/mol. The molecule has 0 spiro atoms. The second-order valence-corrected chi connectivity index (χ2v) is 4.72. The maximum atomic E-state index is 11.2. The molecule has 0 saturated carbocycles. The van der Waals surface area contributed by atoms with Gasteiger partial charge in [0.2, 0.25) is 6.41 Å². The number of methoxy groups -OCH3 is 2. The summed E-state index contributed by atoms with van der Waals surface area (Å²) < 4.78 is 10.3. The van der Waals surface area contributed by atoms with Crippen molar-refractivity contribution >= 4 is 6.41 Å². The molecular weight excluding hydrogens is 266 g/mol. The summed E-state index contributed by atoms with van der Waals surface area (Å²) in [4.78, 5) is 12.9. The zero-order chi connectivity index (χ0) is 15.2. The molecule has 0 aliphatic heterocycles. The summed E-state index contributed by atoms with van der Waals surface area (Å²) in [6.07, 6.45) is 0.832. The summed E-state index contributed by atoms with van der Waals surface area (Å²) in [5, 5.41) is 0. The lowest BCUT2D eigenvalue weighted by molar-refractivity contribution is -0.118. The van der Waals surface area contributed by atoms with Crippen molar-refractivity contribution in [2.75, 3.05) is 21.3 Å². The van der Waals surface area contributed by atoms with Gasteiger partial charge in [-0.1, -0.05) is 24.3 Å². The zero-order valence-electron chi connectivity index (χ0n) is 12.4. The summed E-state index contributed by atoms with van der Waals surface area (Å²) >= 11 is 0. The summed E-state index contributed by atoms with van der Waals surface area (Å²) in [7, 11) is 5.03. The van der Waals surface area contributed by atoms with Crippen molar-refractivity contribution in [3.8, 4) is 11.5 Å². The Hall–Kier alpha value is -2.49. The van der Waals surface area contributed by atoms with Crippen LogP contribution < -0.4 is 9.47 Å². The molecule has 0 N–H and O–H groups in total. The topological polar surface area (TPSA) is 38.8 Å². The molecule has 21 heavy (non-hydrogen) atoms. The highest BCUT2D eigenvalue weighted by Crippen LogP contribution is 2.29. The van der Waals surface area contributed by atoms with Gasteiger partial charge in [0, 0.05) is 7.05 Å². The molecule has 0 fully saturated rings. The fraction of sp³-hybridized carbons (Fsp3) is 0.235. The van der Waals surface area contributed by atoms with Crippen LogP contribution in [0.2, 0.25) is 0 Å². The highest BCUT2D eigenvalue weighted by molar-refractivity contribution is 5.51. The molecule has 0 atom stereocenters. The highest BCUT2D eigenvalue weighted by atomic mass is 16.5. The number of carbonyl (C=O) groups is 1. The van der Waals surface area contributed by atoms with E-state index in [1.807, 2.05) is 48.5 Å². The van der Waals surface area contributed by atoms with E-state index in [0.29, 0.717) is 0 Å². The Morgan fingerprint density at radius 1 is 0.857 bits per heavy atom. The SMILES string of the molecule is COc1ccc(C(c2ccc(OC)cc2)N(C)C=O)cc1.